The number of carbonyl (C=O) groups excluding carboxylic acids is 2. The first-order valence-electron chi connectivity index (χ1n) is 8.99. The van der Waals surface area contributed by atoms with Crippen molar-refractivity contribution >= 4 is 17.4 Å². The summed E-state index contributed by atoms with van der Waals surface area (Å²) >= 11 is 0. The molecule has 1 atom stereocenters. The van der Waals surface area contributed by atoms with Gasteiger partial charge >= 0.3 is 0 Å². The number of imidazole rings is 1. The fourth-order valence-corrected chi connectivity index (χ4v) is 3.38. The molecule has 8 heteroatoms. The molecule has 0 saturated carbocycles. The normalized spacial score (nSPS) is 18.4. The van der Waals surface area contributed by atoms with Crippen LogP contribution in [0.15, 0.2) is 66.8 Å². The zero-order valence-corrected chi connectivity index (χ0v) is 15.2. The lowest BCUT2D eigenvalue weighted by atomic mass is 9.98. The van der Waals surface area contributed by atoms with Gasteiger partial charge in [0.1, 0.15) is 17.6 Å². The van der Waals surface area contributed by atoms with Crippen LogP contribution in [-0.2, 0) is 16.0 Å². The number of ketones is 1. The molecule has 29 heavy (non-hydrogen) atoms. The summed E-state index contributed by atoms with van der Waals surface area (Å²) in [5.74, 6) is -2.35. The molecule has 3 aromatic rings. The first kappa shape index (κ1) is 18.5. The molecule has 0 bridgehead atoms. The topological polar surface area (TPSA) is 99.2 Å². The first-order chi connectivity index (χ1) is 14.1. The number of aliphatic hydroxyl groups is 1. The number of Topliss-reactive ketones (excluding diaryl/α,β-unsaturated/α-hetero) is 1. The minimum atomic E-state index is -0.843. The van der Waals surface area contributed by atoms with Crippen molar-refractivity contribution in [3.8, 4) is 0 Å². The molecule has 1 fully saturated rings. The fraction of sp³-hybridized carbons (Fsp3) is 0.143. The van der Waals surface area contributed by atoms with E-state index in [1.807, 2.05) is 0 Å². The number of halogens is 1. The SMILES string of the molecule is O=C1C(=O)N(CCc2cnc[nH]2)C(c2ccccn2)/C1=C(\O)c1ccc(F)cc1. The lowest BCUT2D eigenvalue weighted by molar-refractivity contribution is -0.139. The van der Waals surface area contributed by atoms with E-state index < -0.39 is 23.5 Å². The van der Waals surface area contributed by atoms with E-state index in [1.54, 1.807) is 30.6 Å². The van der Waals surface area contributed by atoms with Crippen LogP contribution in [0, 0.1) is 5.82 Å². The maximum absolute atomic E-state index is 13.3. The minimum Gasteiger partial charge on any atom is -0.507 e. The molecular weight excluding hydrogens is 375 g/mol. The van der Waals surface area contributed by atoms with Crippen molar-refractivity contribution in [3.63, 3.8) is 0 Å². The van der Waals surface area contributed by atoms with Gasteiger partial charge < -0.3 is 15.0 Å². The first-order valence-corrected chi connectivity index (χ1v) is 8.99. The average Bonchev–Trinajstić information content (AvgIpc) is 3.34. The maximum atomic E-state index is 13.3. The third kappa shape index (κ3) is 3.52. The van der Waals surface area contributed by atoms with E-state index in [9.17, 15) is 19.1 Å². The molecule has 7 nitrogen and oxygen atoms in total. The third-order valence-electron chi connectivity index (χ3n) is 4.80. The standard InChI is InChI=1S/C21H17FN4O3/c22-14-6-4-13(5-7-14)19(27)17-18(16-3-1-2-9-24-16)26(21(29)20(17)28)10-8-15-11-23-12-25-15/h1-7,9,11-12,18,27H,8,10H2,(H,23,25)/b19-17+. The highest BCUT2D eigenvalue weighted by Gasteiger charge is 2.46. The zero-order valence-electron chi connectivity index (χ0n) is 15.2. The minimum absolute atomic E-state index is 0.0649. The van der Waals surface area contributed by atoms with Crippen LogP contribution in [0.25, 0.3) is 5.76 Å². The number of hydrogen-bond donors (Lipinski definition) is 2. The van der Waals surface area contributed by atoms with Crippen LogP contribution in [-0.4, -0.2) is 43.2 Å². The largest absolute Gasteiger partial charge is 0.507 e. The number of nitrogens with one attached hydrogen (secondary N) is 1. The monoisotopic (exact) mass is 392 g/mol. The van der Waals surface area contributed by atoms with Crippen molar-refractivity contribution in [2.24, 2.45) is 0 Å². The van der Waals surface area contributed by atoms with E-state index in [0.29, 0.717) is 12.1 Å². The van der Waals surface area contributed by atoms with Gasteiger partial charge in [0, 0.05) is 36.6 Å². The molecule has 146 valence electrons. The molecule has 2 aromatic heterocycles. The van der Waals surface area contributed by atoms with E-state index in [-0.39, 0.29) is 23.4 Å². The number of rotatable bonds is 5. The third-order valence-corrected chi connectivity index (χ3v) is 4.80. The molecule has 0 radical (unpaired) electrons. The summed E-state index contributed by atoms with van der Waals surface area (Å²) in [7, 11) is 0. The Hall–Kier alpha value is -3.81. The number of carbonyl (C=O) groups is 2. The molecule has 1 aliphatic rings. The quantitative estimate of drug-likeness (QED) is 0.395. The molecule has 0 spiro atoms. The maximum Gasteiger partial charge on any atom is 0.295 e. The number of benzene rings is 1. The van der Waals surface area contributed by atoms with E-state index in [0.717, 1.165) is 5.69 Å². The Kier molecular flexibility index (Phi) is 4.90. The van der Waals surface area contributed by atoms with Gasteiger partial charge in [-0.05, 0) is 36.4 Å². The molecule has 3 heterocycles. The van der Waals surface area contributed by atoms with Crippen LogP contribution < -0.4 is 0 Å². The van der Waals surface area contributed by atoms with Gasteiger partial charge in [0.2, 0.25) is 0 Å². The predicted molar refractivity (Wildman–Crippen MR) is 102 cm³/mol. The number of aromatic nitrogens is 3. The molecule has 1 unspecified atom stereocenters. The Morgan fingerprint density at radius 2 is 1.97 bits per heavy atom. The number of hydrogen-bond acceptors (Lipinski definition) is 5. The molecular formula is C21H17FN4O3. The summed E-state index contributed by atoms with van der Waals surface area (Å²) in [4.78, 5) is 38.2. The average molecular weight is 392 g/mol. The highest BCUT2D eigenvalue weighted by Crippen LogP contribution is 2.38. The molecule has 2 N–H and O–H groups in total. The highest BCUT2D eigenvalue weighted by molar-refractivity contribution is 6.46. The van der Waals surface area contributed by atoms with Gasteiger partial charge in [0.25, 0.3) is 11.7 Å². The van der Waals surface area contributed by atoms with Gasteiger partial charge in [-0.25, -0.2) is 9.37 Å². The summed E-state index contributed by atoms with van der Waals surface area (Å²) < 4.78 is 13.3. The molecule has 1 aromatic carbocycles. The second-order valence-electron chi connectivity index (χ2n) is 6.58. The summed E-state index contributed by atoms with van der Waals surface area (Å²) in [6, 6.07) is 9.39. The van der Waals surface area contributed by atoms with Crippen molar-refractivity contribution in [3.05, 3.63) is 89.5 Å². The van der Waals surface area contributed by atoms with Crippen LogP contribution in [0.3, 0.4) is 0 Å². The smallest absolute Gasteiger partial charge is 0.295 e. The number of H-pyrrole nitrogens is 1. The lowest BCUT2D eigenvalue weighted by Crippen LogP contribution is -2.32. The number of aromatic amines is 1. The van der Waals surface area contributed by atoms with Crippen LogP contribution in [0.2, 0.25) is 0 Å². The van der Waals surface area contributed by atoms with Gasteiger partial charge in [0.05, 0.1) is 17.6 Å². The Bertz CT molecular complexity index is 1060. The van der Waals surface area contributed by atoms with Crippen molar-refractivity contribution in [1.29, 1.82) is 0 Å². The van der Waals surface area contributed by atoms with Gasteiger partial charge in [-0.2, -0.15) is 0 Å². The van der Waals surface area contributed by atoms with E-state index in [1.165, 1.54) is 35.5 Å². The molecule has 0 aliphatic carbocycles. The second-order valence-corrected chi connectivity index (χ2v) is 6.58. The number of likely N-dealkylation sites (tertiary alicyclic amines) is 1. The molecule has 1 saturated heterocycles. The zero-order chi connectivity index (χ0) is 20.4. The van der Waals surface area contributed by atoms with E-state index >= 15 is 0 Å². The lowest BCUT2D eigenvalue weighted by Gasteiger charge is -2.24. The van der Waals surface area contributed by atoms with Gasteiger partial charge in [-0.15, -0.1) is 0 Å². The van der Waals surface area contributed by atoms with Crippen LogP contribution in [0.1, 0.15) is 23.0 Å². The van der Waals surface area contributed by atoms with Crippen LogP contribution in [0.4, 0.5) is 4.39 Å². The number of pyridine rings is 1. The number of amides is 1. The van der Waals surface area contributed by atoms with Crippen molar-refractivity contribution < 1.29 is 19.1 Å². The Labute approximate surface area is 165 Å². The number of nitrogens with zero attached hydrogens (tertiary/aromatic N) is 3. The molecule has 1 amide bonds. The van der Waals surface area contributed by atoms with Crippen molar-refractivity contribution in [1.82, 2.24) is 19.9 Å². The van der Waals surface area contributed by atoms with Crippen molar-refractivity contribution in [2.45, 2.75) is 12.5 Å². The van der Waals surface area contributed by atoms with Crippen LogP contribution >= 0.6 is 0 Å². The summed E-state index contributed by atoms with van der Waals surface area (Å²) in [6.07, 6.45) is 5.19. The van der Waals surface area contributed by atoms with Gasteiger partial charge in [-0.3, -0.25) is 14.6 Å². The second kappa shape index (κ2) is 7.67. The predicted octanol–water partition coefficient (Wildman–Crippen LogP) is 2.61. The van der Waals surface area contributed by atoms with Gasteiger partial charge in [-0.1, -0.05) is 6.07 Å². The summed E-state index contributed by atoms with van der Waals surface area (Å²) in [5, 5.41) is 10.8. The van der Waals surface area contributed by atoms with Crippen molar-refractivity contribution in [2.75, 3.05) is 6.54 Å². The Morgan fingerprint density at radius 1 is 1.17 bits per heavy atom. The van der Waals surface area contributed by atoms with Gasteiger partial charge in [0.15, 0.2) is 0 Å². The molecule has 4 rings (SSSR count). The summed E-state index contributed by atoms with van der Waals surface area (Å²) in [5.41, 5.74) is 1.45. The fourth-order valence-electron chi connectivity index (χ4n) is 3.38. The number of aliphatic hydroxyl groups excluding tert-OH is 1. The molecule has 1 aliphatic heterocycles. The Morgan fingerprint density at radius 3 is 2.62 bits per heavy atom. The van der Waals surface area contributed by atoms with Crippen LogP contribution in [0.5, 0.6) is 0 Å². The Balaban J connectivity index is 1.78. The van der Waals surface area contributed by atoms with E-state index in [2.05, 4.69) is 15.0 Å². The summed E-state index contributed by atoms with van der Waals surface area (Å²) in [6.45, 7) is 0.230. The highest BCUT2D eigenvalue weighted by atomic mass is 19.1. The van der Waals surface area contributed by atoms with E-state index in [4.69, 9.17) is 0 Å².